The first kappa shape index (κ1) is 13.0. The van der Waals surface area contributed by atoms with Crippen molar-refractivity contribution in [3.63, 3.8) is 0 Å². The van der Waals surface area contributed by atoms with E-state index in [2.05, 4.69) is 4.98 Å². The van der Waals surface area contributed by atoms with E-state index in [1.807, 2.05) is 0 Å². The van der Waals surface area contributed by atoms with E-state index < -0.39 is 17.4 Å². The van der Waals surface area contributed by atoms with Crippen LogP contribution < -0.4 is 15.5 Å². The minimum atomic E-state index is -4.67. The van der Waals surface area contributed by atoms with Gasteiger partial charge in [-0.3, -0.25) is 0 Å². The van der Waals surface area contributed by atoms with Crippen molar-refractivity contribution in [2.45, 2.75) is 6.18 Å². The summed E-state index contributed by atoms with van der Waals surface area (Å²) in [6.07, 6.45) is -4.67. The van der Waals surface area contributed by atoms with E-state index in [0.29, 0.717) is 11.1 Å². The van der Waals surface area contributed by atoms with Gasteiger partial charge in [-0.1, -0.05) is 0 Å². The normalized spacial score (nSPS) is 11.3. The molecule has 98 valence electrons. The number of hydrogen-bond acceptors (Lipinski definition) is 3. The van der Waals surface area contributed by atoms with Crippen LogP contribution >= 0.6 is 0 Å². The number of nitrogens with two attached hydrogens (primary N) is 1. The third-order valence-electron chi connectivity index (χ3n) is 2.69. The van der Waals surface area contributed by atoms with Crippen LogP contribution in [0.25, 0.3) is 10.9 Å². The van der Waals surface area contributed by atoms with Crippen LogP contribution in [0.1, 0.15) is 11.3 Å². The number of nitrogens with one attached hydrogen (secondary N) is 1. The number of fused-ring (bicyclic) bond motifs is 1. The number of anilines is 1. The number of methoxy groups -OCH3 is 1. The Kier molecular flexibility index (Phi) is 2.94. The number of benzene rings is 1. The Balaban J connectivity index is 2.86. The number of rotatable bonds is 1. The molecule has 1 aromatic heterocycles. The van der Waals surface area contributed by atoms with Crippen molar-refractivity contribution in [3.05, 3.63) is 29.5 Å². The van der Waals surface area contributed by atoms with Crippen LogP contribution in [-0.4, -0.2) is 7.11 Å². The molecule has 2 aromatic rings. The fourth-order valence-electron chi connectivity index (χ4n) is 1.78. The van der Waals surface area contributed by atoms with E-state index in [-0.39, 0.29) is 11.2 Å². The highest BCUT2D eigenvalue weighted by atomic mass is 19.4. The molecular formula is C12H9F3N3O+. The van der Waals surface area contributed by atoms with Crippen molar-refractivity contribution in [2.24, 2.45) is 0 Å². The van der Waals surface area contributed by atoms with E-state index in [1.54, 1.807) is 0 Å². The maximum absolute atomic E-state index is 12.8. The molecule has 0 radical (unpaired) electrons. The maximum atomic E-state index is 12.8. The van der Waals surface area contributed by atoms with Gasteiger partial charge in [0.05, 0.1) is 18.2 Å². The summed E-state index contributed by atoms with van der Waals surface area (Å²) in [5.41, 5.74) is 3.85. The maximum Gasteiger partial charge on any atom is 0.478 e. The summed E-state index contributed by atoms with van der Waals surface area (Å²) in [5.74, 6) is 0.441. The molecule has 0 spiro atoms. The fraction of sp³-hybridized carbons (Fsp3) is 0.167. The lowest BCUT2D eigenvalue weighted by molar-refractivity contribution is -0.399. The molecule has 1 heterocycles. The SMILES string of the molecule is COc1ccc2[nH+]c(C(F)(F)F)c(C#N)c(N)c2c1. The van der Waals surface area contributed by atoms with Gasteiger partial charge in [0.25, 0.3) is 0 Å². The van der Waals surface area contributed by atoms with Crippen LogP contribution in [0.15, 0.2) is 18.2 Å². The number of aromatic nitrogens is 1. The van der Waals surface area contributed by atoms with Crippen molar-refractivity contribution in [3.8, 4) is 11.8 Å². The molecule has 0 atom stereocenters. The monoisotopic (exact) mass is 268 g/mol. The van der Waals surface area contributed by atoms with Gasteiger partial charge in [-0.2, -0.15) is 23.4 Å². The Hall–Kier alpha value is -2.49. The van der Waals surface area contributed by atoms with Crippen molar-refractivity contribution in [1.29, 1.82) is 5.26 Å². The molecule has 3 N–H and O–H groups in total. The van der Waals surface area contributed by atoms with Crippen molar-refractivity contribution in [1.82, 2.24) is 0 Å². The zero-order valence-corrected chi connectivity index (χ0v) is 9.80. The molecule has 0 aliphatic rings. The molecule has 4 nitrogen and oxygen atoms in total. The van der Waals surface area contributed by atoms with Gasteiger partial charge >= 0.3 is 11.9 Å². The average Bonchev–Trinajstić information content (AvgIpc) is 2.37. The molecule has 0 aliphatic carbocycles. The molecule has 0 fully saturated rings. The second-order valence-corrected chi connectivity index (χ2v) is 3.81. The van der Waals surface area contributed by atoms with Crippen LogP contribution in [0.4, 0.5) is 18.9 Å². The van der Waals surface area contributed by atoms with Crippen LogP contribution in [0.2, 0.25) is 0 Å². The van der Waals surface area contributed by atoms with E-state index in [0.717, 1.165) is 0 Å². The number of ether oxygens (including phenoxy) is 1. The summed E-state index contributed by atoms with van der Waals surface area (Å²) in [4.78, 5) is 2.20. The fourth-order valence-corrected chi connectivity index (χ4v) is 1.78. The zero-order valence-electron chi connectivity index (χ0n) is 9.80. The first-order valence-corrected chi connectivity index (χ1v) is 5.18. The average molecular weight is 268 g/mol. The highest BCUT2D eigenvalue weighted by Gasteiger charge is 2.43. The zero-order chi connectivity index (χ0) is 14.2. The molecule has 0 saturated carbocycles. The van der Waals surface area contributed by atoms with Gasteiger partial charge in [0, 0.05) is 6.07 Å². The van der Waals surface area contributed by atoms with E-state index in [4.69, 9.17) is 15.7 Å². The van der Waals surface area contributed by atoms with Crippen molar-refractivity contribution in [2.75, 3.05) is 12.8 Å². The molecule has 0 aliphatic heterocycles. The second kappa shape index (κ2) is 4.31. The second-order valence-electron chi connectivity index (χ2n) is 3.81. The number of nitrogens with zero attached hydrogens (tertiary/aromatic N) is 1. The highest BCUT2D eigenvalue weighted by molar-refractivity contribution is 5.92. The summed E-state index contributed by atoms with van der Waals surface area (Å²) >= 11 is 0. The quantitative estimate of drug-likeness (QED) is 0.861. The molecule has 0 bridgehead atoms. The third-order valence-corrected chi connectivity index (χ3v) is 2.69. The molecule has 0 amide bonds. The largest absolute Gasteiger partial charge is 0.497 e. The van der Waals surface area contributed by atoms with Crippen LogP contribution in [0, 0.1) is 11.3 Å². The van der Waals surface area contributed by atoms with Gasteiger partial charge in [-0.15, -0.1) is 0 Å². The minimum absolute atomic E-state index is 0.185. The first-order valence-electron chi connectivity index (χ1n) is 5.18. The summed E-state index contributed by atoms with van der Waals surface area (Å²) in [7, 11) is 1.43. The topological polar surface area (TPSA) is 73.2 Å². The first-order chi connectivity index (χ1) is 8.88. The standard InChI is InChI=1S/C12H8F3N3O/c1-19-6-2-3-9-7(4-6)10(17)8(5-16)11(18-9)12(13,14)15/h2-4H,1H3,(H2,17,18)/p+1. The summed E-state index contributed by atoms with van der Waals surface area (Å²) < 4.78 is 43.5. The molecule has 2 rings (SSSR count). The van der Waals surface area contributed by atoms with Crippen LogP contribution in [0.3, 0.4) is 0 Å². The number of H-pyrrole nitrogens is 1. The van der Waals surface area contributed by atoms with Crippen LogP contribution in [0.5, 0.6) is 5.75 Å². The predicted molar refractivity (Wildman–Crippen MR) is 61.2 cm³/mol. The molecule has 1 aromatic carbocycles. The Morgan fingerprint density at radius 1 is 1.37 bits per heavy atom. The van der Waals surface area contributed by atoms with Crippen molar-refractivity contribution < 1.29 is 22.9 Å². The Morgan fingerprint density at radius 3 is 2.58 bits per heavy atom. The van der Waals surface area contributed by atoms with Gasteiger partial charge in [-0.25, -0.2) is 0 Å². The van der Waals surface area contributed by atoms with Gasteiger partial charge < -0.3 is 10.5 Å². The lowest BCUT2D eigenvalue weighted by atomic mass is 10.1. The minimum Gasteiger partial charge on any atom is -0.497 e. The van der Waals surface area contributed by atoms with E-state index in [9.17, 15) is 13.2 Å². The molecule has 0 saturated heterocycles. The molecule has 7 heteroatoms. The summed E-state index contributed by atoms with van der Waals surface area (Å²) in [6.45, 7) is 0. The molecule has 19 heavy (non-hydrogen) atoms. The third kappa shape index (κ3) is 2.12. The number of aromatic amines is 1. The lowest BCUT2D eigenvalue weighted by Gasteiger charge is -2.07. The Labute approximate surface area is 106 Å². The Bertz CT molecular complexity index is 689. The van der Waals surface area contributed by atoms with Crippen molar-refractivity contribution >= 4 is 16.6 Å². The molecule has 0 unspecified atom stereocenters. The number of alkyl halides is 3. The van der Waals surface area contributed by atoms with Gasteiger partial charge in [0.2, 0.25) is 5.52 Å². The summed E-state index contributed by atoms with van der Waals surface area (Å²) in [5, 5.41) is 9.18. The summed E-state index contributed by atoms with van der Waals surface area (Å²) in [6, 6.07) is 5.88. The highest BCUT2D eigenvalue weighted by Crippen LogP contribution is 2.34. The van der Waals surface area contributed by atoms with Crippen LogP contribution in [-0.2, 0) is 6.18 Å². The van der Waals surface area contributed by atoms with E-state index in [1.165, 1.54) is 31.4 Å². The Morgan fingerprint density at radius 2 is 2.05 bits per heavy atom. The van der Waals surface area contributed by atoms with E-state index >= 15 is 0 Å². The molecular weight excluding hydrogens is 259 g/mol. The number of nitriles is 1. The number of pyridine rings is 1. The number of halogens is 3. The van der Waals surface area contributed by atoms with Gasteiger partial charge in [0.15, 0.2) is 5.56 Å². The lowest BCUT2D eigenvalue weighted by Crippen LogP contribution is -2.25. The van der Waals surface area contributed by atoms with Gasteiger partial charge in [-0.05, 0) is 12.1 Å². The number of hydrogen-bond donors (Lipinski definition) is 1. The number of nitrogen functional groups attached to an aromatic ring is 1. The predicted octanol–water partition coefficient (Wildman–Crippen LogP) is 2.14. The van der Waals surface area contributed by atoms with Gasteiger partial charge in [0.1, 0.15) is 11.8 Å². The smallest absolute Gasteiger partial charge is 0.478 e.